The number of piperazine rings is 1. The van der Waals surface area contributed by atoms with Crippen molar-refractivity contribution in [2.45, 2.75) is 32.4 Å². The molecule has 1 aromatic heterocycles. The summed E-state index contributed by atoms with van der Waals surface area (Å²) >= 11 is 1.70. The average molecular weight is 416 g/mol. The van der Waals surface area contributed by atoms with Crippen molar-refractivity contribution in [3.8, 4) is 0 Å². The highest BCUT2D eigenvalue weighted by Gasteiger charge is 2.47. The van der Waals surface area contributed by atoms with E-state index in [1.165, 1.54) is 4.70 Å². The minimum absolute atomic E-state index is 0.187. The SMILES string of the molecule is CC[C@@]1(C)NC(=O)N(CC(=O)N2CCN(Cc3nc4ccccc4s3)CC2)C1=O. The molecule has 0 unspecified atom stereocenters. The number of carbonyl (C=O) groups is 3. The lowest BCUT2D eigenvalue weighted by atomic mass is 9.99. The van der Waals surface area contributed by atoms with Gasteiger partial charge in [0.1, 0.15) is 17.1 Å². The van der Waals surface area contributed by atoms with Crippen molar-refractivity contribution in [1.82, 2.24) is 25.0 Å². The van der Waals surface area contributed by atoms with E-state index in [0.717, 1.165) is 35.1 Å². The molecule has 1 atom stereocenters. The molecule has 1 aromatic carbocycles. The fourth-order valence-electron chi connectivity index (χ4n) is 3.70. The van der Waals surface area contributed by atoms with Crippen LogP contribution in [0.1, 0.15) is 25.3 Å². The van der Waals surface area contributed by atoms with Crippen LogP contribution in [0, 0.1) is 0 Å². The van der Waals surface area contributed by atoms with Gasteiger partial charge in [-0.3, -0.25) is 19.4 Å². The van der Waals surface area contributed by atoms with Gasteiger partial charge in [-0.05, 0) is 25.5 Å². The van der Waals surface area contributed by atoms with Crippen LogP contribution in [0.3, 0.4) is 0 Å². The third-order valence-electron chi connectivity index (χ3n) is 5.77. The zero-order valence-corrected chi connectivity index (χ0v) is 17.5. The molecule has 2 fully saturated rings. The van der Waals surface area contributed by atoms with Crippen LogP contribution in [0.2, 0.25) is 0 Å². The number of carbonyl (C=O) groups excluding carboxylic acids is 3. The maximum absolute atomic E-state index is 12.7. The summed E-state index contributed by atoms with van der Waals surface area (Å²) < 4.78 is 1.18. The topological polar surface area (TPSA) is 85.8 Å². The molecule has 0 radical (unpaired) electrons. The Morgan fingerprint density at radius 3 is 2.59 bits per heavy atom. The molecule has 2 saturated heterocycles. The predicted molar refractivity (Wildman–Crippen MR) is 110 cm³/mol. The molecule has 2 aromatic rings. The van der Waals surface area contributed by atoms with Gasteiger partial charge in [-0.15, -0.1) is 11.3 Å². The number of nitrogens with one attached hydrogen (secondary N) is 1. The molecule has 8 nitrogen and oxygen atoms in total. The third-order valence-corrected chi connectivity index (χ3v) is 6.79. The fraction of sp³-hybridized carbons (Fsp3) is 0.500. The van der Waals surface area contributed by atoms with Crippen molar-refractivity contribution in [2.24, 2.45) is 0 Å². The van der Waals surface area contributed by atoms with E-state index < -0.39 is 11.6 Å². The molecule has 2 aliphatic rings. The highest BCUT2D eigenvalue weighted by molar-refractivity contribution is 7.18. The van der Waals surface area contributed by atoms with E-state index >= 15 is 0 Å². The Hall–Kier alpha value is -2.52. The quantitative estimate of drug-likeness (QED) is 0.751. The van der Waals surface area contributed by atoms with E-state index in [4.69, 9.17) is 0 Å². The summed E-state index contributed by atoms with van der Waals surface area (Å²) in [6, 6.07) is 7.62. The van der Waals surface area contributed by atoms with E-state index in [1.807, 2.05) is 25.1 Å². The maximum Gasteiger partial charge on any atom is 0.325 e. The summed E-state index contributed by atoms with van der Waals surface area (Å²) in [6.07, 6.45) is 0.493. The molecule has 3 heterocycles. The lowest BCUT2D eigenvalue weighted by molar-refractivity contribution is -0.139. The van der Waals surface area contributed by atoms with Crippen LogP contribution < -0.4 is 5.32 Å². The number of rotatable bonds is 5. The molecule has 9 heteroatoms. The summed E-state index contributed by atoms with van der Waals surface area (Å²) in [7, 11) is 0. The third kappa shape index (κ3) is 3.84. The number of aromatic nitrogens is 1. The summed E-state index contributed by atoms with van der Waals surface area (Å²) in [4.78, 5) is 47.0. The standard InChI is InChI=1S/C20H25N5O3S/c1-3-20(2)18(27)25(19(28)22-20)13-17(26)24-10-8-23(9-11-24)12-16-21-14-6-4-5-7-15(14)29-16/h4-7H,3,8-13H2,1-2H3,(H,22,28)/t20-/m1/s1. The Labute approximate surface area is 173 Å². The van der Waals surface area contributed by atoms with Gasteiger partial charge in [0.2, 0.25) is 5.91 Å². The van der Waals surface area contributed by atoms with Gasteiger partial charge in [0.05, 0.1) is 16.8 Å². The first kappa shape index (κ1) is 19.8. The first-order valence-corrected chi connectivity index (χ1v) is 10.7. The Bertz CT molecular complexity index is 919. The molecule has 4 rings (SSSR count). The number of hydrogen-bond acceptors (Lipinski definition) is 6. The van der Waals surface area contributed by atoms with Gasteiger partial charge in [0.15, 0.2) is 0 Å². The van der Waals surface area contributed by atoms with Gasteiger partial charge in [0, 0.05) is 26.2 Å². The Kier molecular flexibility index (Phi) is 5.26. The molecular weight excluding hydrogens is 390 g/mol. The monoisotopic (exact) mass is 415 g/mol. The van der Waals surface area contributed by atoms with Crippen molar-refractivity contribution >= 4 is 39.4 Å². The van der Waals surface area contributed by atoms with E-state index in [2.05, 4.69) is 21.3 Å². The first-order valence-electron chi connectivity index (χ1n) is 9.88. The zero-order chi connectivity index (χ0) is 20.6. The second-order valence-corrected chi connectivity index (χ2v) is 8.85. The van der Waals surface area contributed by atoms with Gasteiger partial charge in [-0.25, -0.2) is 9.78 Å². The van der Waals surface area contributed by atoms with Crippen molar-refractivity contribution in [3.05, 3.63) is 29.3 Å². The molecule has 0 aliphatic carbocycles. The number of fused-ring (bicyclic) bond motifs is 1. The Morgan fingerprint density at radius 2 is 1.93 bits per heavy atom. The number of hydrogen-bond donors (Lipinski definition) is 1. The number of imide groups is 1. The second-order valence-electron chi connectivity index (χ2n) is 7.74. The summed E-state index contributed by atoms with van der Waals surface area (Å²) in [6.45, 7) is 6.76. The zero-order valence-electron chi connectivity index (χ0n) is 16.7. The van der Waals surface area contributed by atoms with Crippen molar-refractivity contribution in [1.29, 1.82) is 0 Å². The minimum Gasteiger partial charge on any atom is -0.339 e. The number of urea groups is 1. The maximum atomic E-state index is 12.7. The van der Waals surface area contributed by atoms with E-state index in [-0.39, 0.29) is 18.4 Å². The molecule has 0 saturated carbocycles. The van der Waals surface area contributed by atoms with Gasteiger partial charge in [0.25, 0.3) is 5.91 Å². The summed E-state index contributed by atoms with van der Waals surface area (Å²) in [5.74, 6) is -0.513. The first-order chi connectivity index (χ1) is 13.9. The molecule has 0 spiro atoms. The number of thiazole rings is 1. The van der Waals surface area contributed by atoms with Crippen molar-refractivity contribution in [2.75, 3.05) is 32.7 Å². The van der Waals surface area contributed by atoms with Crippen LogP contribution >= 0.6 is 11.3 Å². The van der Waals surface area contributed by atoms with Gasteiger partial charge in [-0.2, -0.15) is 0 Å². The molecule has 4 amide bonds. The number of nitrogens with zero attached hydrogens (tertiary/aromatic N) is 4. The number of benzene rings is 1. The number of amides is 4. The average Bonchev–Trinajstić information content (AvgIpc) is 3.22. The van der Waals surface area contributed by atoms with Crippen LogP contribution in [0.5, 0.6) is 0 Å². The van der Waals surface area contributed by atoms with Gasteiger partial charge >= 0.3 is 6.03 Å². The highest BCUT2D eigenvalue weighted by atomic mass is 32.1. The Morgan fingerprint density at radius 1 is 1.21 bits per heavy atom. The van der Waals surface area contributed by atoms with Gasteiger partial charge < -0.3 is 10.2 Å². The molecular formula is C20H25N5O3S. The fourth-order valence-corrected chi connectivity index (χ4v) is 4.71. The molecule has 0 bridgehead atoms. The van der Waals surface area contributed by atoms with E-state index in [9.17, 15) is 14.4 Å². The smallest absolute Gasteiger partial charge is 0.325 e. The molecule has 154 valence electrons. The minimum atomic E-state index is -0.909. The second kappa shape index (κ2) is 7.72. The van der Waals surface area contributed by atoms with Gasteiger partial charge in [-0.1, -0.05) is 19.1 Å². The van der Waals surface area contributed by atoms with E-state index in [0.29, 0.717) is 19.5 Å². The van der Waals surface area contributed by atoms with Crippen molar-refractivity contribution in [3.63, 3.8) is 0 Å². The predicted octanol–water partition coefficient (Wildman–Crippen LogP) is 1.66. The lowest BCUT2D eigenvalue weighted by Crippen LogP contribution is -2.52. The number of para-hydroxylation sites is 1. The summed E-state index contributed by atoms with van der Waals surface area (Å²) in [5, 5.41) is 3.76. The van der Waals surface area contributed by atoms with Crippen LogP contribution in [-0.4, -0.2) is 75.8 Å². The molecule has 29 heavy (non-hydrogen) atoms. The van der Waals surface area contributed by atoms with Crippen LogP contribution in [-0.2, 0) is 16.1 Å². The molecule has 1 N–H and O–H groups in total. The lowest BCUT2D eigenvalue weighted by Gasteiger charge is -2.34. The largest absolute Gasteiger partial charge is 0.339 e. The van der Waals surface area contributed by atoms with Crippen LogP contribution in [0.4, 0.5) is 4.79 Å². The van der Waals surface area contributed by atoms with Crippen LogP contribution in [0.15, 0.2) is 24.3 Å². The van der Waals surface area contributed by atoms with Crippen molar-refractivity contribution < 1.29 is 14.4 Å². The Balaban J connectivity index is 1.30. The van der Waals surface area contributed by atoms with Crippen LogP contribution in [0.25, 0.3) is 10.2 Å². The molecule has 2 aliphatic heterocycles. The van der Waals surface area contributed by atoms with E-state index in [1.54, 1.807) is 23.2 Å². The summed E-state index contributed by atoms with van der Waals surface area (Å²) in [5.41, 5.74) is 0.113. The normalized spacial score (nSPS) is 23.1. The highest BCUT2D eigenvalue weighted by Crippen LogP contribution is 2.23.